The molecule has 0 bridgehead atoms. The fraction of sp³-hybridized carbons (Fsp3) is 0.0625. The summed E-state index contributed by atoms with van der Waals surface area (Å²) in [6.07, 6.45) is 1.77. The lowest BCUT2D eigenvalue weighted by molar-refractivity contribution is 0.0691. The summed E-state index contributed by atoms with van der Waals surface area (Å²) in [6.45, 7) is 0. The summed E-state index contributed by atoms with van der Waals surface area (Å²) in [7, 11) is 1.95. The molecule has 0 aliphatic rings. The Morgan fingerprint density at radius 3 is 2.86 bits per heavy atom. The highest BCUT2D eigenvalue weighted by Gasteiger charge is 2.10. The van der Waals surface area contributed by atoms with E-state index in [9.17, 15) is 4.79 Å². The number of imidazole rings is 1. The van der Waals surface area contributed by atoms with Gasteiger partial charge in [0.1, 0.15) is 5.69 Å². The van der Waals surface area contributed by atoms with Crippen LogP contribution in [0.4, 0.5) is 0 Å². The quantitative estimate of drug-likeness (QED) is 0.595. The van der Waals surface area contributed by atoms with Crippen LogP contribution >= 0.6 is 0 Å². The number of H-pyrrole nitrogens is 1. The van der Waals surface area contributed by atoms with E-state index in [-0.39, 0.29) is 5.69 Å². The zero-order chi connectivity index (χ0) is 15.3. The van der Waals surface area contributed by atoms with Crippen molar-refractivity contribution in [1.82, 2.24) is 19.5 Å². The van der Waals surface area contributed by atoms with Crippen LogP contribution in [0, 0.1) is 0 Å². The van der Waals surface area contributed by atoms with E-state index in [1.807, 2.05) is 41.9 Å². The van der Waals surface area contributed by atoms with E-state index in [4.69, 9.17) is 5.11 Å². The molecule has 1 aromatic carbocycles. The lowest BCUT2D eigenvalue weighted by Crippen LogP contribution is -1.94. The normalized spacial score (nSPS) is 11.3. The largest absolute Gasteiger partial charge is 0.477 e. The predicted molar refractivity (Wildman–Crippen MR) is 82.8 cm³/mol. The van der Waals surface area contributed by atoms with E-state index in [1.165, 1.54) is 0 Å². The molecular weight excluding hydrogens is 280 g/mol. The molecule has 3 aromatic heterocycles. The molecule has 0 amide bonds. The Labute approximate surface area is 125 Å². The molecule has 0 unspecified atom stereocenters. The van der Waals surface area contributed by atoms with Crippen LogP contribution in [0.15, 0.2) is 42.7 Å². The van der Waals surface area contributed by atoms with Crippen LogP contribution < -0.4 is 0 Å². The Balaban J connectivity index is 1.87. The van der Waals surface area contributed by atoms with Crippen molar-refractivity contribution < 1.29 is 9.90 Å². The van der Waals surface area contributed by atoms with Crippen molar-refractivity contribution in [2.75, 3.05) is 0 Å². The van der Waals surface area contributed by atoms with Crippen molar-refractivity contribution in [3.8, 4) is 11.3 Å². The average Bonchev–Trinajstić information content (AvgIpc) is 3.10. The fourth-order valence-electron chi connectivity index (χ4n) is 2.57. The highest BCUT2D eigenvalue weighted by Crippen LogP contribution is 2.24. The van der Waals surface area contributed by atoms with Gasteiger partial charge in [-0.1, -0.05) is 6.07 Å². The number of aromatic nitrogens is 4. The molecule has 0 saturated heterocycles. The van der Waals surface area contributed by atoms with E-state index in [2.05, 4.69) is 15.0 Å². The number of nitrogens with one attached hydrogen (secondary N) is 1. The second-order valence-electron chi connectivity index (χ2n) is 5.18. The standard InChI is InChI=1S/C16H12N4O2/c1-20-8-17-12-3-2-9(6-15(12)20)10-4-5-11-13(18-10)7-14(19-11)16(21)22/h2-8,19H,1H3,(H,21,22). The molecular formula is C16H12N4O2. The lowest BCUT2D eigenvalue weighted by atomic mass is 10.1. The number of pyridine rings is 1. The molecule has 0 aliphatic heterocycles. The minimum atomic E-state index is -0.990. The number of carbonyl (C=O) groups is 1. The molecule has 6 nitrogen and oxygen atoms in total. The van der Waals surface area contributed by atoms with Gasteiger partial charge in [-0.2, -0.15) is 0 Å². The summed E-state index contributed by atoms with van der Waals surface area (Å²) in [4.78, 5) is 22.7. The summed E-state index contributed by atoms with van der Waals surface area (Å²) >= 11 is 0. The lowest BCUT2D eigenvalue weighted by Gasteiger charge is -2.02. The topological polar surface area (TPSA) is 83.8 Å². The minimum absolute atomic E-state index is 0.140. The van der Waals surface area contributed by atoms with Crippen LogP contribution in [-0.2, 0) is 7.05 Å². The number of aromatic amines is 1. The number of fused-ring (bicyclic) bond motifs is 2. The maximum Gasteiger partial charge on any atom is 0.352 e. The van der Waals surface area contributed by atoms with Gasteiger partial charge in [-0.05, 0) is 30.3 Å². The van der Waals surface area contributed by atoms with Crippen molar-refractivity contribution in [3.05, 3.63) is 48.4 Å². The summed E-state index contributed by atoms with van der Waals surface area (Å²) in [5.41, 5.74) is 5.22. The molecule has 0 radical (unpaired) electrons. The molecule has 2 N–H and O–H groups in total. The van der Waals surface area contributed by atoms with Gasteiger partial charge in [-0.25, -0.2) is 14.8 Å². The molecule has 0 spiro atoms. The molecule has 0 atom stereocenters. The number of carboxylic acid groups (broad SMARTS) is 1. The van der Waals surface area contributed by atoms with Gasteiger partial charge < -0.3 is 14.7 Å². The first-order valence-corrected chi connectivity index (χ1v) is 6.76. The fourth-order valence-corrected chi connectivity index (χ4v) is 2.57. The Morgan fingerprint density at radius 1 is 1.18 bits per heavy atom. The SMILES string of the molecule is Cn1cnc2ccc(-c3ccc4[nH]c(C(=O)O)cc4n3)cc21. The molecule has 0 aliphatic carbocycles. The van der Waals surface area contributed by atoms with Crippen LogP contribution in [0.3, 0.4) is 0 Å². The van der Waals surface area contributed by atoms with E-state index >= 15 is 0 Å². The van der Waals surface area contributed by atoms with Crippen LogP contribution in [0.5, 0.6) is 0 Å². The third-order valence-corrected chi connectivity index (χ3v) is 3.73. The van der Waals surface area contributed by atoms with Crippen molar-refractivity contribution in [1.29, 1.82) is 0 Å². The maximum absolute atomic E-state index is 11.0. The van der Waals surface area contributed by atoms with Crippen LogP contribution in [0.2, 0.25) is 0 Å². The monoisotopic (exact) mass is 292 g/mol. The number of hydrogen-bond acceptors (Lipinski definition) is 3. The van der Waals surface area contributed by atoms with Crippen LogP contribution in [0.25, 0.3) is 33.3 Å². The van der Waals surface area contributed by atoms with E-state index < -0.39 is 5.97 Å². The smallest absolute Gasteiger partial charge is 0.352 e. The van der Waals surface area contributed by atoms with Gasteiger partial charge in [0.05, 0.1) is 34.1 Å². The molecule has 4 rings (SSSR count). The van der Waals surface area contributed by atoms with E-state index in [1.54, 1.807) is 12.4 Å². The van der Waals surface area contributed by atoms with E-state index in [0.717, 1.165) is 22.3 Å². The van der Waals surface area contributed by atoms with Gasteiger partial charge >= 0.3 is 5.97 Å². The van der Waals surface area contributed by atoms with Crippen LogP contribution in [0.1, 0.15) is 10.5 Å². The first-order valence-electron chi connectivity index (χ1n) is 6.76. The van der Waals surface area contributed by atoms with Gasteiger partial charge in [0, 0.05) is 12.6 Å². The van der Waals surface area contributed by atoms with Crippen molar-refractivity contribution in [3.63, 3.8) is 0 Å². The van der Waals surface area contributed by atoms with Gasteiger partial charge in [0.15, 0.2) is 0 Å². The van der Waals surface area contributed by atoms with Gasteiger partial charge in [0.2, 0.25) is 0 Å². The van der Waals surface area contributed by atoms with E-state index in [0.29, 0.717) is 11.0 Å². The number of aromatic carboxylic acids is 1. The Hall–Kier alpha value is -3.15. The maximum atomic E-state index is 11.0. The average molecular weight is 292 g/mol. The van der Waals surface area contributed by atoms with Gasteiger partial charge in [0.25, 0.3) is 0 Å². The zero-order valence-corrected chi connectivity index (χ0v) is 11.7. The molecule has 4 aromatic rings. The Bertz CT molecular complexity index is 1030. The Kier molecular flexibility index (Phi) is 2.53. The highest BCUT2D eigenvalue weighted by molar-refractivity contribution is 5.93. The summed E-state index contributed by atoms with van der Waals surface area (Å²) < 4.78 is 1.95. The molecule has 0 fully saturated rings. The number of nitrogens with zero attached hydrogens (tertiary/aromatic N) is 3. The van der Waals surface area contributed by atoms with Crippen molar-refractivity contribution >= 4 is 28.0 Å². The second-order valence-corrected chi connectivity index (χ2v) is 5.18. The number of rotatable bonds is 2. The minimum Gasteiger partial charge on any atom is -0.477 e. The Morgan fingerprint density at radius 2 is 2.05 bits per heavy atom. The predicted octanol–water partition coefficient (Wildman–Crippen LogP) is 2.81. The van der Waals surface area contributed by atoms with Crippen LogP contribution in [-0.4, -0.2) is 30.6 Å². The number of hydrogen-bond donors (Lipinski definition) is 2. The molecule has 22 heavy (non-hydrogen) atoms. The van der Waals surface area contributed by atoms with Gasteiger partial charge in [-0.15, -0.1) is 0 Å². The molecule has 0 saturated carbocycles. The summed E-state index contributed by atoms with van der Waals surface area (Å²) in [6, 6.07) is 11.2. The number of benzene rings is 1. The summed E-state index contributed by atoms with van der Waals surface area (Å²) in [5, 5.41) is 9.03. The second kappa shape index (κ2) is 4.42. The van der Waals surface area contributed by atoms with Crippen molar-refractivity contribution in [2.24, 2.45) is 7.05 Å². The molecule has 6 heteroatoms. The third-order valence-electron chi connectivity index (χ3n) is 3.73. The summed E-state index contributed by atoms with van der Waals surface area (Å²) in [5.74, 6) is -0.990. The molecule has 108 valence electrons. The highest BCUT2D eigenvalue weighted by atomic mass is 16.4. The molecule has 3 heterocycles. The first-order chi connectivity index (χ1) is 10.6. The number of aryl methyl sites for hydroxylation is 1. The van der Waals surface area contributed by atoms with Gasteiger partial charge in [-0.3, -0.25) is 0 Å². The van der Waals surface area contributed by atoms with Crippen molar-refractivity contribution in [2.45, 2.75) is 0 Å². The zero-order valence-electron chi connectivity index (χ0n) is 11.7. The number of carboxylic acids is 1. The third kappa shape index (κ3) is 1.85. The first kappa shape index (κ1) is 12.6.